The van der Waals surface area contributed by atoms with Gasteiger partial charge in [0.15, 0.2) is 0 Å². The van der Waals surface area contributed by atoms with Gasteiger partial charge in [0.25, 0.3) is 0 Å². The Bertz CT molecular complexity index is 635. The van der Waals surface area contributed by atoms with Crippen molar-refractivity contribution in [3.63, 3.8) is 0 Å². The van der Waals surface area contributed by atoms with Gasteiger partial charge in [-0.15, -0.1) is 0 Å². The molecule has 0 aliphatic heterocycles. The SMILES string of the molecule is CN(CC1CC1C(=O)O)c1ccc2c(c1)ncn2C. The second-order valence-electron chi connectivity index (χ2n) is 5.35. The smallest absolute Gasteiger partial charge is 0.306 e. The quantitative estimate of drug-likeness (QED) is 0.908. The number of anilines is 1. The highest BCUT2D eigenvalue weighted by molar-refractivity contribution is 5.79. The zero-order chi connectivity index (χ0) is 13.6. The molecular weight excluding hydrogens is 242 g/mol. The molecule has 0 amide bonds. The maximum absolute atomic E-state index is 10.8. The van der Waals surface area contributed by atoms with Crippen molar-refractivity contribution < 1.29 is 9.90 Å². The summed E-state index contributed by atoms with van der Waals surface area (Å²) in [5.74, 6) is -0.540. The Balaban J connectivity index is 1.75. The van der Waals surface area contributed by atoms with Crippen LogP contribution in [-0.2, 0) is 11.8 Å². The number of carboxylic acid groups (broad SMARTS) is 1. The molecule has 5 heteroatoms. The Morgan fingerprint density at radius 1 is 1.58 bits per heavy atom. The number of aromatic nitrogens is 2. The van der Waals surface area contributed by atoms with E-state index in [1.54, 1.807) is 6.33 Å². The van der Waals surface area contributed by atoms with Gasteiger partial charge in [-0.3, -0.25) is 4.79 Å². The first-order valence-electron chi connectivity index (χ1n) is 6.41. The van der Waals surface area contributed by atoms with Crippen molar-refractivity contribution in [3.05, 3.63) is 24.5 Å². The molecular formula is C14H17N3O2. The van der Waals surface area contributed by atoms with Crippen LogP contribution in [0.3, 0.4) is 0 Å². The van der Waals surface area contributed by atoms with Crippen molar-refractivity contribution in [2.45, 2.75) is 6.42 Å². The molecule has 1 saturated carbocycles. The number of imidazole rings is 1. The number of carbonyl (C=O) groups is 1. The van der Waals surface area contributed by atoms with Crippen LogP contribution in [0.15, 0.2) is 24.5 Å². The minimum absolute atomic E-state index is 0.152. The van der Waals surface area contributed by atoms with Gasteiger partial charge in [0, 0.05) is 26.3 Å². The average Bonchev–Trinajstić information content (AvgIpc) is 3.06. The van der Waals surface area contributed by atoms with Crippen molar-refractivity contribution in [1.29, 1.82) is 0 Å². The molecule has 100 valence electrons. The van der Waals surface area contributed by atoms with E-state index in [-0.39, 0.29) is 11.8 Å². The van der Waals surface area contributed by atoms with Gasteiger partial charge in [-0.25, -0.2) is 4.98 Å². The summed E-state index contributed by atoms with van der Waals surface area (Å²) < 4.78 is 1.99. The van der Waals surface area contributed by atoms with Crippen LogP contribution in [0.25, 0.3) is 11.0 Å². The summed E-state index contributed by atoms with van der Waals surface area (Å²) in [5, 5.41) is 8.92. The van der Waals surface area contributed by atoms with Crippen molar-refractivity contribution >= 4 is 22.7 Å². The topological polar surface area (TPSA) is 58.4 Å². The lowest BCUT2D eigenvalue weighted by Crippen LogP contribution is -2.21. The molecule has 1 aliphatic rings. The standard InChI is InChI=1S/C14H17N3O2/c1-16(7-9-5-11(9)14(18)19)10-3-4-13-12(6-10)15-8-17(13)2/h3-4,6,8-9,11H,5,7H2,1-2H3,(H,18,19). The van der Waals surface area contributed by atoms with Crippen LogP contribution in [0, 0.1) is 11.8 Å². The highest BCUT2D eigenvalue weighted by Gasteiger charge is 2.43. The Kier molecular flexibility index (Phi) is 2.69. The van der Waals surface area contributed by atoms with Crippen LogP contribution in [0.1, 0.15) is 6.42 Å². The number of benzene rings is 1. The zero-order valence-electron chi connectivity index (χ0n) is 11.1. The van der Waals surface area contributed by atoms with Gasteiger partial charge in [-0.1, -0.05) is 0 Å². The summed E-state index contributed by atoms with van der Waals surface area (Å²) in [6.07, 6.45) is 2.60. The molecule has 2 aromatic rings. The second kappa shape index (κ2) is 4.26. The van der Waals surface area contributed by atoms with E-state index in [1.807, 2.05) is 24.7 Å². The third-order valence-corrected chi connectivity index (χ3v) is 3.90. The number of carboxylic acids is 1. The monoisotopic (exact) mass is 259 g/mol. The molecule has 19 heavy (non-hydrogen) atoms. The van der Waals surface area contributed by atoms with Gasteiger partial charge in [0.2, 0.25) is 0 Å². The molecule has 1 heterocycles. The third kappa shape index (κ3) is 2.16. The van der Waals surface area contributed by atoms with Gasteiger partial charge in [-0.2, -0.15) is 0 Å². The molecule has 1 N–H and O–H groups in total. The summed E-state index contributed by atoms with van der Waals surface area (Å²) in [4.78, 5) is 17.3. The molecule has 1 fully saturated rings. The van der Waals surface area contributed by atoms with E-state index in [4.69, 9.17) is 5.11 Å². The average molecular weight is 259 g/mol. The summed E-state index contributed by atoms with van der Waals surface area (Å²) in [5.41, 5.74) is 3.16. The van der Waals surface area contributed by atoms with Gasteiger partial charge >= 0.3 is 5.97 Å². The molecule has 0 bridgehead atoms. The first-order chi connectivity index (χ1) is 9.06. The molecule has 2 atom stereocenters. The summed E-state index contributed by atoms with van der Waals surface area (Å²) in [6, 6.07) is 6.16. The van der Waals surface area contributed by atoms with E-state index in [1.165, 1.54) is 0 Å². The fourth-order valence-electron chi connectivity index (χ4n) is 2.57. The number of rotatable bonds is 4. The molecule has 0 radical (unpaired) electrons. The van der Waals surface area contributed by atoms with E-state index >= 15 is 0 Å². The van der Waals surface area contributed by atoms with Crippen LogP contribution >= 0.6 is 0 Å². The largest absolute Gasteiger partial charge is 0.481 e. The maximum Gasteiger partial charge on any atom is 0.306 e. The zero-order valence-corrected chi connectivity index (χ0v) is 11.1. The van der Waals surface area contributed by atoms with Crippen LogP contribution < -0.4 is 4.90 Å². The predicted octanol–water partition coefficient (Wildman–Crippen LogP) is 1.73. The minimum atomic E-state index is -0.668. The highest BCUT2D eigenvalue weighted by Crippen LogP contribution is 2.39. The molecule has 1 aromatic heterocycles. The molecule has 1 aromatic carbocycles. The van der Waals surface area contributed by atoms with E-state index in [9.17, 15) is 4.79 Å². The Hall–Kier alpha value is -2.04. The van der Waals surface area contributed by atoms with Crippen LogP contribution in [0.4, 0.5) is 5.69 Å². The number of hydrogen-bond acceptors (Lipinski definition) is 3. The van der Waals surface area contributed by atoms with Crippen molar-refractivity contribution in [3.8, 4) is 0 Å². The fourth-order valence-corrected chi connectivity index (χ4v) is 2.57. The number of fused-ring (bicyclic) bond motifs is 1. The highest BCUT2D eigenvalue weighted by atomic mass is 16.4. The first-order valence-corrected chi connectivity index (χ1v) is 6.41. The van der Waals surface area contributed by atoms with Gasteiger partial charge in [0.1, 0.15) is 0 Å². The normalized spacial score (nSPS) is 21.6. The lowest BCUT2D eigenvalue weighted by Gasteiger charge is -2.19. The molecule has 3 rings (SSSR count). The Morgan fingerprint density at radius 2 is 2.37 bits per heavy atom. The molecule has 2 unspecified atom stereocenters. The van der Waals surface area contributed by atoms with E-state index in [2.05, 4.69) is 22.0 Å². The van der Waals surface area contributed by atoms with Crippen molar-refractivity contribution in [1.82, 2.24) is 9.55 Å². The Labute approximate surface area is 111 Å². The molecule has 0 saturated heterocycles. The number of aliphatic carboxylic acids is 1. The van der Waals surface area contributed by atoms with E-state index in [0.717, 1.165) is 29.7 Å². The van der Waals surface area contributed by atoms with Crippen LogP contribution in [0.5, 0.6) is 0 Å². The Morgan fingerprint density at radius 3 is 3.05 bits per heavy atom. The summed E-state index contributed by atoms with van der Waals surface area (Å²) in [6.45, 7) is 0.787. The van der Waals surface area contributed by atoms with E-state index < -0.39 is 5.97 Å². The minimum Gasteiger partial charge on any atom is -0.481 e. The fraction of sp³-hybridized carbons (Fsp3) is 0.429. The lowest BCUT2D eigenvalue weighted by molar-refractivity contribution is -0.138. The van der Waals surface area contributed by atoms with Gasteiger partial charge in [-0.05, 0) is 30.5 Å². The summed E-state index contributed by atoms with van der Waals surface area (Å²) >= 11 is 0. The number of aryl methyl sites for hydroxylation is 1. The second-order valence-corrected chi connectivity index (χ2v) is 5.35. The van der Waals surface area contributed by atoms with Gasteiger partial charge < -0.3 is 14.6 Å². The predicted molar refractivity (Wildman–Crippen MR) is 73.2 cm³/mol. The first kappa shape index (κ1) is 12.0. The van der Waals surface area contributed by atoms with E-state index in [0.29, 0.717) is 0 Å². The van der Waals surface area contributed by atoms with Crippen LogP contribution in [-0.4, -0.2) is 34.2 Å². The molecule has 0 spiro atoms. The molecule has 1 aliphatic carbocycles. The lowest BCUT2D eigenvalue weighted by atomic mass is 10.2. The van der Waals surface area contributed by atoms with Crippen molar-refractivity contribution in [2.24, 2.45) is 18.9 Å². The number of hydrogen-bond donors (Lipinski definition) is 1. The van der Waals surface area contributed by atoms with Crippen molar-refractivity contribution in [2.75, 3.05) is 18.5 Å². The van der Waals surface area contributed by atoms with Gasteiger partial charge in [0.05, 0.1) is 23.3 Å². The number of nitrogens with zero attached hydrogens (tertiary/aromatic N) is 3. The van der Waals surface area contributed by atoms with Crippen LogP contribution in [0.2, 0.25) is 0 Å². The third-order valence-electron chi connectivity index (χ3n) is 3.90. The summed E-state index contributed by atoms with van der Waals surface area (Å²) in [7, 11) is 3.97. The maximum atomic E-state index is 10.8. The molecule has 5 nitrogen and oxygen atoms in total.